The zero-order valence-electron chi connectivity index (χ0n) is 24.8. The van der Waals surface area contributed by atoms with Gasteiger partial charge < -0.3 is 45.7 Å². The second-order valence-electron chi connectivity index (χ2n) is 8.23. The van der Waals surface area contributed by atoms with Gasteiger partial charge in [-0.2, -0.15) is 0 Å². The lowest BCUT2D eigenvalue weighted by molar-refractivity contribution is 0.0191. The van der Waals surface area contributed by atoms with Gasteiger partial charge in [0.05, 0.1) is 33.0 Å². The van der Waals surface area contributed by atoms with Crippen molar-refractivity contribution < 1.29 is 40.8 Å². The summed E-state index contributed by atoms with van der Waals surface area (Å²) in [4.78, 5) is 2.43. The largest absolute Gasteiger partial charge is 0.500 e. The normalized spacial score (nSPS) is 12.6. The van der Waals surface area contributed by atoms with Crippen molar-refractivity contribution in [1.29, 1.82) is 0 Å². The van der Waals surface area contributed by atoms with Gasteiger partial charge in [0.15, 0.2) is 0 Å². The van der Waals surface area contributed by atoms with Crippen LogP contribution in [-0.2, 0) is 40.8 Å². The molecule has 0 aliphatic heterocycles. The number of rotatable bonds is 29. The number of methoxy groups -OCH3 is 1. The minimum atomic E-state index is -2.65. The average molecular weight is 572 g/mol. The molecule has 0 aromatic heterocycles. The zero-order chi connectivity index (χ0) is 27.7. The van der Waals surface area contributed by atoms with Crippen LogP contribution in [0.5, 0.6) is 0 Å². The lowest BCUT2D eigenvalue weighted by Crippen LogP contribution is -2.47. The Labute approximate surface area is 229 Å². The molecular formula is C25H57NO9Si2. The van der Waals surface area contributed by atoms with E-state index in [2.05, 4.69) is 4.90 Å². The summed E-state index contributed by atoms with van der Waals surface area (Å²) in [6.07, 6.45) is 1.86. The molecule has 0 heterocycles. The van der Waals surface area contributed by atoms with E-state index in [4.69, 9.17) is 40.8 Å². The first-order valence-electron chi connectivity index (χ1n) is 14.2. The zero-order valence-corrected chi connectivity index (χ0v) is 26.8. The predicted molar refractivity (Wildman–Crippen MR) is 150 cm³/mol. The molecule has 10 nitrogen and oxygen atoms in total. The third kappa shape index (κ3) is 18.1. The van der Waals surface area contributed by atoms with Gasteiger partial charge in [-0.25, -0.2) is 0 Å². The van der Waals surface area contributed by atoms with Crippen molar-refractivity contribution in [3.8, 4) is 0 Å². The second-order valence-corrected chi connectivity index (χ2v) is 13.7. The molecule has 0 aliphatic rings. The van der Waals surface area contributed by atoms with Crippen LogP contribution in [0.15, 0.2) is 0 Å². The summed E-state index contributed by atoms with van der Waals surface area (Å²) in [6, 6.07) is 1.59. The summed E-state index contributed by atoms with van der Waals surface area (Å²) in [7, 11) is -3.64. The standard InChI is InChI=1S/C25H57NO9Si2/c1-8-30-36(31-9-2,32-10-3)24-14-16-26(18-19-28-22-23-29-21-20-27-7)17-15-25-37(33-11-4,34-12-5)35-13-6/h8-25H2,1-7H3. The summed E-state index contributed by atoms with van der Waals surface area (Å²) < 4.78 is 52.5. The smallest absolute Gasteiger partial charge is 0.382 e. The van der Waals surface area contributed by atoms with E-state index < -0.39 is 17.6 Å². The molecule has 0 bridgehead atoms. The third-order valence-corrected chi connectivity index (χ3v) is 11.8. The maximum Gasteiger partial charge on any atom is 0.500 e. The third-order valence-electron chi connectivity index (χ3n) is 5.46. The van der Waals surface area contributed by atoms with Crippen molar-refractivity contribution in [3.05, 3.63) is 0 Å². The van der Waals surface area contributed by atoms with Crippen LogP contribution in [0.25, 0.3) is 0 Å². The highest BCUT2D eigenvalue weighted by atomic mass is 28.4. The minimum absolute atomic E-state index is 0.569. The molecular weight excluding hydrogens is 514 g/mol. The van der Waals surface area contributed by atoms with E-state index in [1.165, 1.54) is 0 Å². The minimum Gasteiger partial charge on any atom is -0.382 e. The number of ether oxygens (including phenoxy) is 3. The quantitative estimate of drug-likeness (QED) is 0.0975. The van der Waals surface area contributed by atoms with Crippen molar-refractivity contribution in [2.45, 2.75) is 66.5 Å². The van der Waals surface area contributed by atoms with Crippen LogP contribution >= 0.6 is 0 Å². The monoisotopic (exact) mass is 571 g/mol. The van der Waals surface area contributed by atoms with Crippen LogP contribution in [-0.4, -0.2) is 122 Å². The Hall–Kier alpha value is 0.0338. The number of hydrogen-bond acceptors (Lipinski definition) is 10. The van der Waals surface area contributed by atoms with Crippen molar-refractivity contribution in [3.63, 3.8) is 0 Å². The molecule has 0 spiro atoms. The molecule has 0 N–H and O–H groups in total. The number of hydrogen-bond donors (Lipinski definition) is 0. The summed E-state index contributed by atoms with van der Waals surface area (Å²) >= 11 is 0. The molecule has 12 heteroatoms. The fraction of sp³-hybridized carbons (Fsp3) is 1.00. The van der Waals surface area contributed by atoms with Crippen molar-refractivity contribution in [1.82, 2.24) is 4.90 Å². The molecule has 0 amide bonds. The molecule has 0 radical (unpaired) electrons. The van der Waals surface area contributed by atoms with Crippen LogP contribution in [0.1, 0.15) is 54.4 Å². The fourth-order valence-electron chi connectivity index (χ4n) is 4.03. The predicted octanol–water partition coefficient (Wildman–Crippen LogP) is 3.85. The Bertz CT molecular complexity index is 429. The molecule has 0 aromatic rings. The van der Waals surface area contributed by atoms with Crippen molar-refractivity contribution >= 4 is 17.6 Å². The van der Waals surface area contributed by atoms with E-state index in [-0.39, 0.29) is 0 Å². The van der Waals surface area contributed by atoms with Gasteiger partial charge in [0.1, 0.15) is 0 Å². The highest BCUT2D eigenvalue weighted by Gasteiger charge is 2.41. The Kier molecular flexibility index (Phi) is 25.1. The molecule has 0 unspecified atom stereocenters. The van der Waals surface area contributed by atoms with Gasteiger partial charge in [-0.3, -0.25) is 0 Å². The lowest BCUT2D eigenvalue weighted by atomic mass is 10.3. The molecule has 37 heavy (non-hydrogen) atoms. The first-order chi connectivity index (χ1) is 18.0. The summed E-state index contributed by atoms with van der Waals surface area (Å²) in [5.41, 5.74) is 0. The van der Waals surface area contributed by atoms with Crippen molar-refractivity contribution in [2.75, 3.05) is 99.4 Å². The maximum atomic E-state index is 6.04. The summed E-state index contributed by atoms with van der Waals surface area (Å²) in [6.45, 7) is 21.1. The average Bonchev–Trinajstić information content (AvgIpc) is 2.86. The van der Waals surface area contributed by atoms with Crippen LogP contribution in [0.4, 0.5) is 0 Å². The first kappa shape index (κ1) is 37.0. The van der Waals surface area contributed by atoms with Gasteiger partial charge in [-0.05, 0) is 67.5 Å². The van der Waals surface area contributed by atoms with E-state index >= 15 is 0 Å². The Morgan fingerprint density at radius 1 is 0.459 bits per heavy atom. The lowest BCUT2D eigenvalue weighted by Gasteiger charge is -2.31. The maximum absolute atomic E-state index is 6.04. The molecule has 0 saturated carbocycles. The molecule has 0 aromatic carbocycles. The molecule has 0 atom stereocenters. The fourth-order valence-corrected chi connectivity index (χ4v) is 9.22. The van der Waals surface area contributed by atoms with Crippen molar-refractivity contribution in [2.24, 2.45) is 0 Å². The highest BCUT2D eigenvalue weighted by molar-refractivity contribution is 6.61. The van der Waals surface area contributed by atoms with Gasteiger partial charge in [0, 0.05) is 65.4 Å². The van der Waals surface area contributed by atoms with E-state index in [1.54, 1.807) is 7.11 Å². The van der Waals surface area contributed by atoms with Gasteiger partial charge in [0.25, 0.3) is 0 Å². The van der Waals surface area contributed by atoms with Crippen LogP contribution < -0.4 is 0 Å². The Morgan fingerprint density at radius 2 is 0.811 bits per heavy atom. The molecule has 224 valence electrons. The Morgan fingerprint density at radius 3 is 1.16 bits per heavy atom. The van der Waals surface area contributed by atoms with Gasteiger partial charge in [0.2, 0.25) is 0 Å². The molecule has 0 rings (SSSR count). The SMILES string of the molecule is CCO[Si](CCCN(CCC[Si](OCC)(OCC)OCC)CCOCCOCCOC)(OCC)OCC. The van der Waals surface area contributed by atoms with Gasteiger partial charge >= 0.3 is 17.6 Å². The molecule has 0 fully saturated rings. The topological polar surface area (TPSA) is 86.3 Å². The number of nitrogens with zero attached hydrogens (tertiary/aromatic N) is 1. The van der Waals surface area contributed by atoms with Gasteiger partial charge in [-0.1, -0.05) is 0 Å². The second kappa shape index (κ2) is 25.0. The Balaban J connectivity index is 4.97. The summed E-state index contributed by atoms with van der Waals surface area (Å²) in [5, 5.41) is 0. The van der Waals surface area contributed by atoms with Crippen LogP contribution in [0.3, 0.4) is 0 Å². The van der Waals surface area contributed by atoms with E-state index in [0.717, 1.165) is 44.6 Å². The van der Waals surface area contributed by atoms with E-state index in [9.17, 15) is 0 Å². The van der Waals surface area contributed by atoms with Crippen LogP contribution in [0.2, 0.25) is 12.1 Å². The van der Waals surface area contributed by atoms with E-state index in [1.807, 2.05) is 41.5 Å². The van der Waals surface area contributed by atoms with Gasteiger partial charge in [-0.15, -0.1) is 0 Å². The molecule has 0 saturated heterocycles. The van der Waals surface area contributed by atoms with E-state index in [0.29, 0.717) is 72.7 Å². The highest BCUT2D eigenvalue weighted by Crippen LogP contribution is 2.20. The van der Waals surface area contributed by atoms with Crippen LogP contribution in [0, 0.1) is 0 Å². The molecule has 0 aliphatic carbocycles. The first-order valence-corrected chi connectivity index (χ1v) is 18.1. The summed E-state index contributed by atoms with van der Waals surface area (Å²) in [5.74, 6) is 0.